The molecule has 3 heterocycles. The van der Waals surface area contributed by atoms with Crippen LogP contribution in [0.15, 0.2) is 48.5 Å². The third-order valence-electron chi connectivity index (χ3n) is 6.10. The molecule has 3 amide bonds. The molecule has 1 atom stereocenters. The lowest BCUT2D eigenvalue weighted by molar-refractivity contribution is -0.136. The number of aromatic nitrogens is 2. The van der Waals surface area contributed by atoms with Crippen LogP contribution in [0.1, 0.15) is 34.5 Å². The molecule has 5 rings (SSSR count). The first-order chi connectivity index (χ1) is 14.9. The van der Waals surface area contributed by atoms with E-state index in [0.29, 0.717) is 18.5 Å². The van der Waals surface area contributed by atoms with Crippen molar-refractivity contribution in [1.82, 2.24) is 19.8 Å². The average Bonchev–Trinajstić information content (AvgIpc) is 3.24. The number of hydrogen-bond donors (Lipinski definition) is 1. The summed E-state index contributed by atoms with van der Waals surface area (Å²) in [4.78, 5) is 43.0. The van der Waals surface area contributed by atoms with Crippen molar-refractivity contribution in [2.45, 2.75) is 32.4 Å². The molecule has 7 nitrogen and oxygen atoms in total. The predicted octanol–water partition coefficient (Wildman–Crippen LogP) is 2.82. The van der Waals surface area contributed by atoms with Gasteiger partial charge in [-0.2, -0.15) is 0 Å². The van der Waals surface area contributed by atoms with Gasteiger partial charge in [-0.15, -0.1) is 0 Å². The molecule has 0 spiro atoms. The van der Waals surface area contributed by atoms with E-state index in [0.717, 1.165) is 33.9 Å². The molecule has 1 N–H and O–H groups in total. The van der Waals surface area contributed by atoms with Gasteiger partial charge >= 0.3 is 0 Å². The second kappa shape index (κ2) is 7.19. The van der Waals surface area contributed by atoms with Crippen molar-refractivity contribution in [3.8, 4) is 22.6 Å². The molecule has 3 aromatic rings. The number of benzene rings is 2. The molecular weight excluding hydrogens is 392 g/mol. The lowest BCUT2D eigenvalue weighted by Crippen LogP contribution is -2.52. The van der Waals surface area contributed by atoms with Crippen molar-refractivity contribution in [3.63, 3.8) is 0 Å². The summed E-state index contributed by atoms with van der Waals surface area (Å²) < 4.78 is 2.07. The van der Waals surface area contributed by atoms with Crippen molar-refractivity contribution in [2.24, 2.45) is 7.05 Å². The van der Waals surface area contributed by atoms with Crippen LogP contribution in [0.5, 0.6) is 0 Å². The maximum absolute atomic E-state index is 12.9. The number of rotatable bonds is 3. The van der Waals surface area contributed by atoms with Crippen LogP contribution in [0.4, 0.5) is 0 Å². The Bertz CT molecular complexity index is 1230. The van der Waals surface area contributed by atoms with Crippen LogP contribution < -0.4 is 5.32 Å². The molecule has 2 aromatic carbocycles. The van der Waals surface area contributed by atoms with Gasteiger partial charge in [0.15, 0.2) is 0 Å². The molecule has 1 saturated heterocycles. The van der Waals surface area contributed by atoms with E-state index in [9.17, 15) is 14.4 Å². The van der Waals surface area contributed by atoms with Gasteiger partial charge in [0.05, 0.1) is 11.4 Å². The highest BCUT2D eigenvalue weighted by molar-refractivity contribution is 6.05. The molecule has 0 aliphatic carbocycles. The summed E-state index contributed by atoms with van der Waals surface area (Å²) in [6.45, 7) is 2.34. The Morgan fingerprint density at radius 1 is 1.03 bits per heavy atom. The lowest BCUT2D eigenvalue weighted by atomic mass is 10.0. The number of imide groups is 1. The Morgan fingerprint density at radius 2 is 1.81 bits per heavy atom. The fourth-order valence-electron chi connectivity index (χ4n) is 4.61. The standard InChI is InChI=1S/C24H22N4O3/c1-14-21(15-6-4-3-5-7-15)27(2)22(25-14)16-8-9-18-17(12-16)13-28(24(18)31)19-10-11-20(29)26-23(19)30/h3-9,12,19H,10-11,13H2,1-2H3,(H,26,29,30). The number of hydrogen-bond acceptors (Lipinski definition) is 4. The number of amides is 3. The van der Waals surface area contributed by atoms with Gasteiger partial charge < -0.3 is 9.47 Å². The van der Waals surface area contributed by atoms with Crippen LogP contribution in [0, 0.1) is 6.92 Å². The molecule has 2 aliphatic heterocycles. The van der Waals surface area contributed by atoms with Gasteiger partial charge in [-0.05, 0) is 31.0 Å². The SMILES string of the molecule is Cc1nc(-c2ccc3c(c2)CN(C2CCC(=O)NC2=O)C3=O)n(C)c1-c1ccccc1. The first kappa shape index (κ1) is 19.2. The highest BCUT2D eigenvalue weighted by atomic mass is 16.2. The summed E-state index contributed by atoms with van der Waals surface area (Å²) in [6.07, 6.45) is 0.604. The maximum Gasteiger partial charge on any atom is 0.255 e. The number of carbonyl (C=O) groups excluding carboxylic acids is 3. The molecule has 7 heteroatoms. The number of nitrogens with one attached hydrogen (secondary N) is 1. The number of carbonyl (C=O) groups is 3. The van der Waals surface area contributed by atoms with Crippen LogP contribution in [-0.4, -0.2) is 38.2 Å². The van der Waals surface area contributed by atoms with Crippen molar-refractivity contribution in [3.05, 3.63) is 65.4 Å². The largest absolute Gasteiger partial charge is 0.327 e. The number of piperidine rings is 1. The van der Waals surface area contributed by atoms with Crippen LogP contribution >= 0.6 is 0 Å². The summed E-state index contributed by atoms with van der Waals surface area (Å²) in [7, 11) is 1.99. The Balaban J connectivity index is 1.48. The highest BCUT2D eigenvalue weighted by Gasteiger charge is 2.39. The minimum atomic E-state index is -0.610. The molecule has 2 aliphatic rings. The second-order valence-corrected chi connectivity index (χ2v) is 8.07. The third-order valence-corrected chi connectivity index (χ3v) is 6.10. The van der Waals surface area contributed by atoms with Crippen molar-refractivity contribution >= 4 is 17.7 Å². The van der Waals surface area contributed by atoms with Gasteiger partial charge in [0.2, 0.25) is 11.8 Å². The predicted molar refractivity (Wildman–Crippen MR) is 115 cm³/mol. The monoisotopic (exact) mass is 414 g/mol. The molecular formula is C24H22N4O3. The smallest absolute Gasteiger partial charge is 0.255 e. The molecule has 0 radical (unpaired) electrons. The van der Waals surface area contributed by atoms with Gasteiger partial charge in [0.1, 0.15) is 11.9 Å². The summed E-state index contributed by atoms with van der Waals surface area (Å²) in [5.74, 6) is -0.0278. The average molecular weight is 414 g/mol. The van der Waals surface area contributed by atoms with E-state index in [1.165, 1.54) is 0 Å². The molecule has 0 saturated carbocycles. The first-order valence-electron chi connectivity index (χ1n) is 10.3. The number of nitrogens with zero attached hydrogens (tertiary/aromatic N) is 3. The Labute approximate surface area is 179 Å². The van der Waals surface area contributed by atoms with E-state index < -0.39 is 11.9 Å². The zero-order valence-corrected chi connectivity index (χ0v) is 17.4. The zero-order chi connectivity index (χ0) is 21.7. The Hall–Kier alpha value is -3.74. The third kappa shape index (κ3) is 3.13. The number of aryl methyl sites for hydroxylation is 1. The van der Waals surface area contributed by atoms with Crippen LogP contribution in [0.3, 0.4) is 0 Å². The summed E-state index contributed by atoms with van der Waals surface area (Å²) >= 11 is 0. The van der Waals surface area contributed by atoms with E-state index in [2.05, 4.69) is 22.0 Å². The molecule has 1 aromatic heterocycles. The summed E-state index contributed by atoms with van der Waals surface area (Å²) in [5, 5.41) is 2.34. The van der Waals surface area contributed by atoms with Gasteiger partial charge in [0.25, 0.3) is 5.91 Å². The molecule has 1 unspecified atom stereocenters. The zero-order valence-electron chi connectivity index (χ0n) is 17.4. The van der Waals surface area contributed by atoms with Crippen LogP contribution in [-0.2, 0) is 23.2 Å². The molecule has 0 bridgehead atoms. The fourth-order valence-corrected chi connectivity index (χ4v) is 4.61. The summed E-state index contributed by atoms with van der Waals surface area (Å²) in [5.41, 5.74) is 5.48. The fraction of sp³-hybridized carbons (Fsp3) is 0.250. The van der Waals surface area contributed by atoms with Crippen LogP contribution in [0.2, 0.25) is 0 Å². The number of imidazole rings is 1. The normalized spacial score (nSPS) is 18.3. The van der Waals surface area contributed by atoms with E-state index in [-0.39, 0.29) is 18.2 Å². The summed E-state index contributed by atoms with van der Waals surface area (Å²) in [6, 6.07) is 15.2. The van der Waals surface area contributed by atoms with E-state index in [4.69, 9.17) is 4.98 Å². The van der Waals surface area contributed by atoms with Crippen LogP contribution in [0.25, 0.3) is 22.6 Å². The maximum atomic E-state index is 12.9. The van der Waals surface area contributed by atoms with Crippen molar-refractivity contribution < 1.29 is 14.4 Å². The second-order valence-electron chi connectivity index (χ2n) is 8.07. The minimum absolute atomic E-state index is 0.169. The van der Waals surface area contributed by atoms with Crippen molar-refractivity contribution in [2.75, 3.05) is 0 Å². The lowest BCUT2D eigenvalue weighted by Gasteiger charge is -2.29. The Morgan fingerprint density at radius 3 is 2.55 bits per heavy atom. The van der Waals surface area contributed by atoms with Crippen molar-refractivity contribution in [1.29, 1.82) is 0 Å². The van der Waals surface area contributed by atoms with Gasteiger partial charge in [-0.1, -0.05) is 36.4 Å². The number of fused-ring (bicyclic) bond motifs is 1. The van der Waals surface area contributed by atoms with Gasteiger partial charge in [-0.25, -0.2) is 4.98 Å². The van der Waals surface area contributed by atoms with E-state index in [1.54, 1.807) is 4.90 Å². The Kier molecular flexibility index (Phi) is 4.46. The van der Waals surface area contributed by atoms with E-state index in [1.807, 2.05) is 50.4 Å². The molecule has 156 valence electrons. The highest BCUT2D eigenvalue weighted by Crippen LogP contribution is 2.33. The van der Waals surface area contributed by atoms with Gasteiger partial charge in [-0.3, -0.25) is 19.7 Å². The topological polar surface area (TPSA) is 84.3 Å². The minimum Gasteiger partial charge on any atom is -0.327 e. The van der Waals surface area contributed by atoms with E-state index >= 15 is 0 Å². The molecule has 1 fully saturated rings. The first-order valence-corrected chi connectivity index (χ1v) is 10.3. The van der Waals surface area contributed by atoms with Gasteiger partial charge in [0, 0.05) is 36.7 Å². The molecule has 31 heavy (non-hydrogen) atoms. The quantitative estimate of drug-likeness (QED) is 0.668.